The van der Waals surface area contributed by atoms with Gasteiger partial charge in [0.1, 0.15) is 6.26 Å². The number of hydrogen-bond donors (Lipinski definition) is 2. The molecule has 6 nitrogen and oxygen atoms in total. The Balaban J connectivity index is 1.43. The Labute approximate surface area is 168 Å². The van der Waals surface area contributed by atoms with Gasteiger partial charge in [0, 0.05) is 0 Å². The van der Waals surface area contributed by atoms with Crippen molar-refractivity contribution >= 4 is 40.2 Å². The highest BCUT2D eigenvalue weighted by molar-refractivity contribution is 7.13. The molecule has 0 bridgehead atoms. The minimum Gasteiger partial charge on any atom is -0.443 e. The lowest BCUT2D eigenvalue weighted by Crippen LogP contribution is -2.24. The predicted molar refractivity (Wildman–Crippen MR) is 110 cm³/mol. The molecule has 0 radical (unpaired) electrons. The average Bonchev–Trinajstić information content (AvgIpc) is 3.48. The third kappa shape index (κ3) is 4.03. The maximum atomic E-state index is 12.6. The molecule has 28 heavy (non-hydrogen) atoms. The standard InChI is InChI=1S/C20H15N3O3S2/c24-18(21-11-13-12-26-20(22-13)17-8-4-10-28-17)14-5-1-2-6-15(14)23-19(25)16-7-3-9-27-16/h1-10,12H,11H2,(H,21,24)(H,23,25). The van der Waals surface area contributed by atoms with E-state index in [1.54, 1.807) is 36.4 Å². The second-order valence-electron chi connectivity index (χ2n) is 5.78. The molecule has 0 spiro atoms. The summed E-state index contributed by atoms with van der Waals surface area (Å²) in [6.07, 6.45) is 1.53. The van der Waals surface area contributed by atoms with E-state index in [-0.39, 0.29) is 18.4 Å². The maximum Gasteiger partial charge on any atom is 0.265 e. The van der Waals surface area contributed by atoms with Crippen LogP contribution in [0.25, 0.3) is 10.8 Å². The second kappa shape index (κ2) is 8.20. The van der Waals surface area contributed by atoms with Gasteiger partial charge in [0.25, 0.3) is 11.8 Å². The van der Waals surface area contributed by atoms with Crippen molar-refractivity contribution in [2.24, 2.45) is 0 Å². The van der Waals surface area contributed by atoms with Crippen LogP contribution in [0.5, 0.6) is 0 Å². The molecular weight excluding hydrogens is 394 g/mol. The van der Waals surface area contributed by atoms with Crippen LogP contribution in [0.3, 0.4) is 0 Å². The van der Waals surface area contributed by atoms with Gasteiger partial charge in [-0.05, 0) is 35.0 Å². The van der Waals surface area contributed by atoms with Crippen LogP contribution >= 0.6 is 22.7 Å². The van der Waals surface area contributed by atoms with Crippen molar-refractivity contribution < 1.29 is 14.0 Å². The molecule has 0 aliphatic heterocycles. The minimum absolute atomic E-state index is 0.223. The van der Waals surface area contributed by atoms with Gasteiger partial charge in [-0.15, -0.1) is 22.7 Å². The highest BCUT2D eigenvalue weighted by Gasteiger charge is 2.15. The summed E-state index contributed by atoms with van der Waals surface area (Å²) in [6, 6.07) is 14.3. The Bertz CT molecular complexity index is 1090. The Hall–Kier alpha value is -3.23. The van der Waals surface area contributed by atoms with E-state index >= 15 is 0 Å². The number of thiophene rings is 2. The molecule has 3 aromatic heterocycles. The van der Waals surface area contributed by atoms with Crippen LogP contribution in [-0.2, 0) is 6.54 Å². The second-order valence-corrected chi connectivity index (χ2v) is 7.68. The predicted octanol–water partition coefficient (Wildman–Crippen LogP) is 4.65. The lowest BCUT2D eigenvalue weighted by Gasteiger charge is -2.10. The van der Waals surface area contributed by atoms with Crippen LogP contribution in [0.1, 0.15) is 25.7 Å². The number of oxazole rings is 1. The zero-order valence-electron chi connectivity index (χ0n) is 14.5. The smallest absolute Gasteiger partial charge is 0.265 e. The van der Waals surface area contributed by atoms with E-state index in [4.69, 9.17) is 4.42 Å². The van der Waals surface area contributed by atoms with E-state index in [0.29, 0.717) is 27.7 Å². The van der Waals surface area contributed by atoms with Crippen molar-refractivity contribution in [3.8, 4) is 10.8 Å². The highest BCUT2D eigenvalue weighted by Crippen LogP contribution is 2.23. The fraction of sp³-hybridized carbons (Fsp3) is 0.0500. The number of nitrogens with one attached hydrogen (secondary N) is 2. The zero-order valence-corrected chi connectivity index (χ0v) is 16.2. The molecule has 0 aliphatic rings. The number of benzene rings is 1. The normalized spacial score (nSPS) is 10.6. The molecule has 2 amide bonds. The topological polar surface area (TPSA) is 84.2 Å². The molecule has 0 saturated carbocycles. The molecule has 0 saturated heterocycles. The van der Waals surface area contributed by atoms with E-state index in [1.807, 2.05) is 22.9 Å². The summed E-state index contributed by atoms with van der Waals surface area (Å²) in [7, 11) is 0. The Morgan fingerprint density at radius 2 is 1.79 bits per heavy atom. The van der Waals surface area contributed by atoms with Gasteiger partial charge in [0.2, 0.25) is 5.89 Å². The molecule has 2 N–H and O–H groups in total. The number of hydrogen-bond acceptors (Lipinski definition) is 6. The van der Waals surface area contributed by atoms with Gasteiger partial charge in [-0.3, -0.25) is 9.59 Å². The summed E-state index contributed by atoms with van der Waals surface area (Å²) in [5.41, 5.74) is 1.46. The van der Waals surface area contributed by atoms with Crippen molar-refractivity contribution in [1.29, 1.82) is 0 Å². The number of para-hydroxylation sites is 1. The van der Waals surface area contributed by atoms with E-state index < -0.39 is 0 Å². The number of rotatable bonds is 6. The zero-order chi connectivity index (χ0) is 19.3. The summed E-state index contributed by atoms with van der Waals surface area (Å²) in [5, 5.41) is 9.38. The summed E-state index contributed by atoms with van der Waals surface area (Å²) >= 11 is 2.88. The number of anilines is 1. The molecule has 4 aromatic rings. The van der Waals surface area contributed by atoms with Crippen LogP contribution in [0, 0.1) is 0 Å². The Morgan fingerprint density at radius 1 is 0.964 bits per heavy atom. The SMILES string of the molecule is O=C(Nc1ccccc1C(=O)NCc1coc(-c2cccs2)n1)c1cccs1. The van der Waals surface area contributed by atoms with Gasteiger partial charge in [0.15, 0.2) is 0 Å². The van der Waals surface area contributed by atoms with Crippen LogP contribution < -0.4 is 10.6 Å². The van der Waals surface area contributed by atoms with Gasteiger partial charge in [-0.1, -0.05) is 24.3 Å². The number of carbonyl (C=O) groups excluding carboxylic acids is 2. The van der Waals surface area contributed by atoms with E-state index in [2.05, 4.69) is 15.6 Å². The molecule has 0 aliphatic carbocycles. The maximum absolute atomic E-state index is 12.6. The van der Waals surface area contributed by atoms with Crippen LogP contribution in [0.4, 0.5) is 5.69 Å². The molecule has 140 valence electrons. The van der Waals surface area contributed by atoms with Gasteiger partial charge in [-0.25, -0.2) is 4.98 Å². The van der Waals surface area contributed by atoms with Gasteiger partial charge >= 0.3 is 0 Å². The summed E-state index contributed by atoms with van der Waals surface area (Å²) in [6.45, 7) is 0.223. The van der Waals surface area contributed by atoms with E-state index in [1.165, 1.54) is 28.9 Å². The van der Waals surface area contributed by atoms with Gasteiger partial charge < -0.3 is 15.1 Å². The molecular formula is C20H15N3O3S2. The van der Waals surface area contributed by atoms with Crippen LogP contribution in [-0.4, -0.2) is 16.8 Å². The minimum atomic E-state index is -0.303. The third-order valence-corrected chi connectivity index (χ3v) is 5.61. The quantitative estimate of drug-likeness (QED) is 0.486. The van der Waals surface area contributed by atoms with E-state index in [9.17, 15) is 9.59 Å². The fourth-order valence-electron chi connectivity index (χ4n) is 2.55. The lowest BCUT2D eigenvalue weighted by molar-refractivity contribution is 0.0951. The highest BCUT2D eigenvalue weighted by atomic mass is 32.1. The molecule has 3 heterocycles. The molecule has 1 aromatic carbocycles. The van der Waals surface area contributed by atoms with Gasteiger partial charge in [0.05, 0.1) is 33.2 Å². The lowest BCUT2D eigenvalue weighted by atomic mass is 10.1. The monoisotopic (exact) mass is 409 g/mol. The largest absolute Gasteiger partial charge is 0.443 e. The number of aromatic nitrogens is 1. The van der Waals surface area contributed by atoms with Crippen LogP contribution in [0.2, 0.25) is 0 Å². The molecule has 0 unspecified atom stereocenters. The van der Waals surface area contributed by atoms with Crippen LogP contribution in [0.15, 0.2) is 70.0 Å². The van der Waals surface area contributed by atoms with Crippen molar-refractivity contribution in [2.45, 2.75) is 6.54 Å². The first-order valence-corrected chi connectivity index (χ1v) is 10.2. The van der Waals surface area contributed by atoms with Crippen molar-refractivity contribution in [1.82, 2.24) is 10.3 Å². The summed E-state index contributed by atoms with van der Waals surface area (Å²) in [5.74, 6) is -0.0158. The van der Waals surface area contributed by atoms with Crippen molar-refractivity contribution in [2.75, 3.05) is 5.32 Å². The molecule has 4 rings (SSSR count). The molecule has 8 heteroatoms. The Morgan fingerprint density at radius 3 is 2.57 bits per heavy atom. The first-order valence-electron chi connectivity index (χ1n) is 8.41. The van der Waals surface area contributed by atoms with E-state index in [0.717, 1.165) is 4.88 Å². The fourth-order valence-corrected chi connectivity index (χ4v) is 3.82. The summed E-state index contributed by atoms with van der Waals surface area (Å²) < 4.78 is 5.46. The number of amides is 2. The average molecular weight is 409 g/mol. The number of nitrogens with zero attached hydrogens (tertiary/aromatic N) is 1. The molecule has 0 atom stereocenters. The third-order valence-electron chi connectivity index (χ3n) is 3.88. The first-order chi connectivity index (χ1) is 13.7. The first kappa shape index (κ1) is 18.1. The molecule has 0 fully saturated rings. The van der Waals surface area contributed by atoms with Crippen molar-refractivity contribution in [3.05, 3.63) is 81.7 Å². The Kier molecular flexibility index (Phi) is 5.31. The van der Waals surface area contributed by atoms with Crippen molar-refractivity contribution in [3.63, 3.8) is 0 Å². The number of carbonyl (C=O) groups is 2. The summed E-state index contributed by atoms with van der Waals surface area (Å²) in [4.78, 5) is 30.8. The van der Waals surface area contributed by atoms with Gasteiger partial charge in [-0.2, -0.15) is 0 Å².